The minimum atomic E-state index is -0.633. The summed E-state index contributed by atoms with van der Waals surface area (Å²) in [5.41, 5.74) is 1.35. The molecule has 3 amide bonds. The normalized spacial score (nSPS) is 19.6. The maximum absolute atomic E-state index is 13.4. The summed E-state index contributed by atoms with van der Waals surface area (Å²) < 4.78 is 5.19. The Kier molecular flexibility index (Phi) is 7.57. The Morgan fingerprint density at radius 2 is 1.44 bits per heavy atom. The molecule has 178 valence electrons. The summed E-state index contributed by atoms with van der Waals surface area (Å²) in [5, 5.41) is 2.89. The SMILES string of the molecule is O=C(OCC(=O)[C@@H]1CCCN1C(=O)[C@@H]1CCCN1C(=O)NCc1ccccc1)c1ccccc1. The van der Waals surface area contributed by atoms with E-state index in [0.29, 0.717) is 44.5 Å². The molecule has 2 heterocycles. The Morgan fingerprint density at radius 3 is 2.15 bits per heavy atom. The summed E-state index contributed by atoms with van der Waals surface area (Å²) in [4.78, 5) is 54.3. The third-order valence-electron chi connectivity index (χ3n) is 6.35. The molecule has 0 unspecified atom stereocenters. The largest absolute Gasteiger partial charge is 0.454 e. The topological polar surface area (TPSA) is 96.0 Å². The molecule has 0 spiro atoms. The van der Waals surface area contributed by atoms with Gasteiger partial charge in [0.2, 0.25) is 5.91 Å². The number of carbonyl (C=O) groups is 4. The Bertz CT molecular complexity index is 1030. The van der Waals surface area contributed by atoms with Crippen LogP contribution in [0, 0.1) is 0 Å². The number of rotatable bonds is 7. The van der Waals surface area contributed by atoms with E-state index >= 15 is 0 Å². The van der Waals surface area contributed by atoms with Crippen LogP contribution in [0.4, 0.5) is 4.79 Å². The highest BCUT2D eigenvalue weighted by molar-refractivity contribution is 5.96. The molecule has 4 rings (SSSR count). The molecule has 0 bridgehead atoms. The van der Waals surface area contributed by atoms with Crippen LogP contribution in [-0.2, 0) is 20.9 Å². The summed E-state index contributed by atoms with van der Waals surface area (Å²) in [6, 6.07) is 16.6. The summed E-state index contributed by atoms with van der Waals surface area (Å²) in [6.07, 6.45) is 2.52. The smallest absolute Gasteiger partial charge is 0.338 e. The van der Waals surface area contributed by atoms with Crippen molar-refractivity contribution in [1.29, 1.82) is 0 Å². The minimum Gasteiger partial charge on any atom is -0.454 e. The predicted molar refractivity (Wildman–Crippen MR) is 125 cm³/mol. The average molecular weight is 464 g/mol. The molecule has 2 atom stereocenters. The second kappa shape index (κ2) is 11.0. The molecule has 0 saturated carbocycles. The Hall–Kier alpha value is -3.68. The Labute approximate surface area is 198 Å². The number of esters is 1. The van der Waals surface area contributed by atoms with Gasteiger partial charge >= 0.3 is 12.0 Å². The Morgan fingerprint density at radius 1 is 0.824 bits per heavy atom. The average Bonchev–Trinajstić information content (AvgIpc) is 3.57. The van der Waals surface area contributed by atoms with Gasteiger partial charge in [0, 0.05) is 19.6 Å². The van der Waals surface area contributed by atoms with Crippen molar-refractivity contribution >= 4 is 23.7 Å². The van der Waals surface area contributed by atoms with Gasteiger partial charge in [0.15, 0.2) is 12.4 Å². The highest BCUT2D eigenvalue weighted by Crippen LogP contribution is 2.25. The first-order valence-electron chi connectivity index (χ1n) is 11.7. The number of amides is 3. The van der Waals surface area contributed by atoms with Gasteiger partial charge in [-0.3, -0.25) is 9.59 Å². The fourth-order valence-corrected chi connectivity index (χ4v) is 4.59. The maximum Gasteiger partial charge on any atom is 0.338 e. The number of ketones is 1. The van der Waals surface area contributed by atoms with E-state index in [-0.39, 0.29) is 24.3 Å². The molecule has 2 fully saturated rings. The highest BCUT2D eigenvalue weighted by Gasteiger charge is 2.42. The molecule has 0 aliphatic carbocycles. The van der Waals surface area contributed by atoms with Crippen molar-refractivity contribution in [1.82, 2.24) is 15.1 Å². The van der Waals surface area contributed by atoms with E-state index in [1.54, 1.807) is 40.1 Å². The first-order valence-corrected chi connectivity index (χ1v) is 11.7. The molecular formula is C26H29N3O5. The molecule has 0 aromatic heterocycles. The minimum absolute atomic E-state index is 0.211. The van der Waals surface area contributed by atoms with Crippen LogP contribution in [0.3, 0.4) is 0 Å². The summed E-state index contributed by atoms with van der Waals surface area (Å²) in [6.45, 7) is 0.957. The van der Waals surface area contributed by atoms with Crippen LogP contribution >= 0.6 is 0 Å². The number of benzene rings is 2. The van der Waals surface area contributed by atoms with Gasteiger partial charge in [-0.2, -0.15) is 0 Å². The third kappa shape index (κ3) is 5.44. The van der Waals surface area contributed by atoms with Gasteiger partial charge in [0.25, 0.3) is 0 Å². The van der Waals surface area contributed by atoms with Crippen LogP contribution in [0.5, 0.6) is 0 Å². The third-order valence-corrected chi connectivity index (χ3v) is 6.35. The maximum atomic E-state index is 13.4. The van der Waals surface area contributed by atoms with Crippen LogP contribution < -0.4 is 5.32 Å². The van der Waals surface area contributed by atoms with Crippen LogP contribution in [0.1, 0.15) is 41.6 Å². The van der Waals surface area contributed by atoms with Crippen LogP contribution in [0.2, 0.25) is 0 Å². The quantitative estimate of drug-likeness (QED) is 0.637. The number of hydrogen-bond acceptors (Lipinski definition) is 5. The zero-order chi connectivity index (χ0) is 23.9. The Balaban J connectivity index is 1.33. The molecule has 2 saturated heterocycles. The summed E-state index contributed by atoms with van der Waals surface area (Å²) in [5.74, 6) is -1.08. The van der Waals surface area contributed by atoms with Crippen molar-refractivity contribution in [2.24, 2.45) is 0 Å². The summed E-state index contributed by atoms with van der Waals surface area (Å²) in [7, 11) is 0. The zero-order valence-electron chi connectivity index (χ0n) is 19.0. The molecule has 8 heteroatoms. The number of carbonyl (C=O) groups excluding carboxylic acids is 4. The molecule has 2 aromatic rings. The number of hydrogen-bond donors (Lipinski definition) is 1. The lowest BCUT2D eigenvalue weighted by atomic mass is 10.1. The van der Waals surface area contributed by atoms with Gasteiger partial charge in [-0.25, -0.2) is 9.59 Å². The van der Waals surface area contributed by atoms with Crippen molar-refractivity contribution in [2.75, 3.05) is 19.7 Å². The standard InChI is InChI=1S/C26H29N3O5/c30-23(18-34-25(32)20-11-5-2-6-12-20)21-13-7-15-28(21)24(31)22-14-8-16-29(22)26(33)27-17-19-9-3-1-4-10-19/h1-6,9-12,21-22H,7-8,13-18H2,(H,27,33)/t21-,22-/m0/s1. The zero-order valence-corrected chi connectivity index (χ0v) is 19.0. The molecule has 1 N–H and O–H groups in total. The van der Waals surface area contributed by atoms with E-state index in [0.717, 1.165) is 12.0 Å². The number of likely N-dealkylation sites (tertiary alicyclic amines) is 2. The van der Waals surface area contributed by atoms with Crippen molar-refractivity contribution in [3.05, 3.63) is 71.8 Å². The van der Waals surface area contributed by atoms with E-state index in [2.05, 4.69) is 5.32 Å². The highest BCUT2D eigenvalue weighted by atomic mass is 16.5. The van der Waals surface area contributed by atoms with Gasteiger partial charge in [-0.15, -0.1) is 0 Å². The summed E-state index contributed by atoms with van der Waals surface area (Å²) >= 11 is 0. The van der Waals surface area contributed by atoms with Gasteiger partial charge in [-0.1, -0.05) is 48.5 Å². The number of Topliss-reactive ketones (excluding diaryl/α,β-unsaturated/α-hetero) is 1. The lowest BCUT2D eigenvalue weighted by Crippen LogP contribution is -2.53. The number of ether oxygens (including phenoxy) is 1. The molecule has 34 heavy (non-hydrogen) atoms. The van der Waals surface area contributed by atoms with E-state index < -0.39 is 18.1 Å². The molecule has 2 aliphatic heterocycles. The van der Waals surface area contributed by atoms with Crippen LogP contribution in [-0.4, -0.2) is 65.3 Å². The first-order chi connectivity index (χ1) is 16.5. The number of urea groups is 1. The fourth-order valence-electron chi connectivity index (χ4n) is 4.59. The van der Waals surface area contributed by atoms with Crippen molar-refractivity contribution in [3.8, 4) is 0 Å². The number of nitrogens with zero attached hydrogens (tertiary/aromatic N) is 2. The lowest BCUT2D eigenvalue weighted by molar-refractivity contribution is -0.141. The van der Waals surface area contributed by atoms with E-state index in [9.17, 15) is 19.2 Å². The monoisotopic (exact) mass is 463 g/mol. The van der Waals surface area contributed by atoms with Crippen molar-refractivity contribution in [2.45, 2.75) is 44.3 Å². The van der Waals surface area contributed by atoms with Gasteiger partial charge in [-0.05, 0) is 43.4 Å². The fraction of sp³-hybridized carbons (Fsp3) is 0.385. The molecule has 2 aromatic carbocycles. The van der Waals surface area contributed by atoms with Crippen LogP contribution in [0.15, 0.2) is 60.7 Å². The van der Waals surface area contributed by atoms with Gasteiger partial charge in [0.1, 0.15) is 6.04 Å². The molecule has 0 radical (unpaired) electrons. The van der Waals surface area contributed by atoms with Gasteiger partial charge < -0.3 is 19.9 Å². The lowest BCUT2D eigenvalue weighted by Gasteiger charge is -2.31. The molecule has 8 nitrogen and oxygen atoms in total. The van der Waals surface area contributed by atoms with Gasteiger partial charge in [0.05, 0.1) is 11.6 Å². The van der Waals surface area contributed by atoms with Crippen molar-refractivity contribution < 1.29 is 23.9 Å². The van der Waals surface area contributed by atoms with E-state index in [1.165, 1.54) is 0 Å². The van der Waals surface area contributed by atoms with Crippen molar-refractivity contribution in [3.63, 3.8) is 0 Å². The van der Waals surface area contributed by atoms with Crippen LogP contribution in [0.25, 0.3) is 0 Å². The van der Waals surface area contributed by atoms with E-state index in [1.807, 2.05) is 30.3 Å². The second-order valence-corrected chi connectivity index (χ2v) is 8.59. The van der Waals surface area contributed by atoms with E-state index in [4.69, 9.17) is 4.74 Å². The first kappa shape index (κ1) is 23.5. The predicted octanol–water partition coefficient (Wildman–Crippen LogP) is 2.78. The molecule has 2 aliphatic rings. The number of nitrogens with one attached hydrogen (secondary N) is 1. The molecular weight excluding hydrogens is 434 g/mol. The second-order valence-electron chi connectivity index (χ2n) is 8.59.